The van der Waals surface area contributed by atoms with E-state index in [1.54, 1.807) is 18.2 Å². The van der Waals surface area contributed by atoms with Gasteiger partial charge in [-0.3, -0.25) is 0 Å². The van der Waals surface area contributed by atoms with Crippen molar-refractivity contribution in [1.82, 2.24) is 0 Å². The summed E-state index contributed by atoms with van der Waals surface area (Å²) in [5.74, 6) is 0. The van der Waals surface area contributed by atoms with Crippen molar-refractivity contribution in [3.05, 3.63) is 294 Å². The Kier molecular flexibility index (Phi) is 14.5. The average molecular weight is 1370 g/mol. The summed E-state index contributed by atoms with van der Waals surface area (Å²) < 4.78 is 40.4. The molecule has 6 aromatic heterocycles. The monoisotopic (exact) mass is 1370 g/mol. The van der Waals surface area contributed by atoms with Gasteiger partial charge in [-0.05, 0) is 188 Å². The first-order chi connectivity index (χ1) is 46.7. The number of hydrogen-bond donors (Lipinski definition) is 2. The zero-order valence-electron chi connectivity index (χ0n) is 50.3. The van der Waals surface area contributed by atoms with Crippen molar-refractivity contribution in [2.24, 2.45) is 0 Å². The van der Waals surface area contributed by atoms with Gasteiger partial charge in [-0.15, -0.1) is 0 Å². The molecule has 0 atom stereocenters. The molecule has 2 N–H and O–H groups in total. The van der Waals surface area contributed by atoms with Crippen LogP contribution in [0, 0.1) is 0 Å². The third-order valence-electron chi connectivity index (χ3n) is 18.2. The third kappa shape index (κ3) is 10.1. The Balaban J connectivity index is 0.000000152. The summed E-state index contributed by atoms with van der Waals surface area (Å²) in [7, 11) is -1.52. The van der Waals surface area contributed by atoms with Crippen molar-refractivity contribution in [3.63, 3.8) is 0 Å². The fraction of sp³-hybridized carbons (Fsp3) is 0.0118. The van der Waals surface area contributed by atoms with E-state index < -0.39 is 7.12 Å². The number of halogens is 2. The van der Waals surface area contributed by atoms with Crippen molar-refractivity contribution in [2.45, 2.75) is 7.43 Å². The van der Waals surface area contributed by atoms with E-state index in [-0.39, 0.29) is 7.43 Å². The Morgan fingerprint density at radius 2 is 0.448 bits per heavy atom. The fourth-order valence-electron chi connectivity index (χ4n) is 13.5. The highest BCUT2D eigenvalue weighted by molar-refractivity contribution is 9.11. The van der Waals surface area contributed by atoms with Gasteiger partial charge in [0.25, 0.3) is 0 Å². The molecule has 0 unspecified atom stereocenters. The molecule has 96 heavy (non-hydrogen) atoms. The van der Waals surface area contributed by atoms with E-state index in [0.717, 1.165) is 168 Å². The highest BCUT2D eigenvalue weighted by Crippen LogP contribution is 2.45. The Morgan fingerprint density at radius 1 is 0.208 bits per heavy atom. The SMILES string of the molecule is Brc1cccc(Br)c1.C.OB(O)c1ccc2oc3c(ccc4c5cc(-c6ccccc6)ccc5oc43)c2c1.c1ccc(-c2ccc3oc4c(ccc5c6cc(-c7cccc(-c8ccc9oc%10c(ccc%11c%12cc(-c%13ccccc%13)ccc%12oc%11%10)c9c8)c7)ccc6oc54)c3c2)cc1. The molecule has 20 rings (SSSR count). The summed E-state index contributed by atoms with van der Waals surface area (Å²) >= 11 is 6.66. The highest BCUT2D eigenvalue weighted by Gasteiger charge is 2.22. The van der Waals surface area contributed by atoms with Gasteiger partial charge in [-0.2, -0.15) is 0 Å². The lowest BCUT2D eigenvalue weighted by molar-refractivity contribution is 0.426. The number of hydrogen-bond acceptors (Lipinski definition) is 8. The Bertz CT molecular complexity index is 6150. The maximum absolute atomic E-state index is 9.49. The van der Waals surface area contributed by atoms with Crippen molar-refractivity contribution in [3.8, 4) is 55.6 Å². The van der Waals surface area contributed by atoms with Crippen LogP contribution in [0.3, 0.4) is 0 Å². The van der Waals surface area contributed by atoms with Crippen LogP contribution in [0.2, 0.25) is 0 Å². The van der Waals surface area contributed by atoms with Crippen LogP contribution in [-0.2, 0) is 0 Å². The van der Waals surface area contributed by atoms with Crippen LogP contribution in [0.15, 0.2) is 321 Å². The molecule has 0 bridgehead atoms. The minimum absolute atomic E-state index is 0. The molecule has 0 amide bonds. The maximum atomic E-state index is 9.49. The number of fused-ring (bicyclic) bond motifs is 21. The van der Waals surface area contributed by atoms with Crippen LogP contribution < -0.4 is 5.46 Å². The van der Waals surface area contributed by atoms with Crippen molar-refractivity contribution in [1.29, 1.82) is 0 Å². The zero-order chi connectivity index (χ0) is 63.4. The molecule has 8 nitrogen and oxygen atoms in total. The van der Waals surface area contributed by atoms with Crippen molar-refractivity contribution in [2.75, 3.05) is 0 Å². The fourth-order valence-corrected chi connectivity index (χ4v) is 14.6. The first-order valence-corrected chi connectivity index (χ1v) is 32.8. The lowest BCUT2D eigenvalue weighted by Gasteiger charge is -2.07. The summed E-state index contributed by atoms with van der Waals surface area (Å²) in [5, 5.41) is 31.2. The molecule has 0 spiro atoms. The van der Waals surface area contributed by atoms with Gasteiger partial charge >= 0.3 is 7.12 Å². The molecule has 0 saturated heterocycles. The predicted octanol–water partition coefficient (Wildman–Crippen LogP) is 24.6. The number of benzene rings is 14. The summed E-state index contributed by atoms with van der Waals surface area (Å²) in [5.41, 5.74) is 21.2. The summed E-state index contributed by atoms with van der Waals surface area (Å²) in [6.07, 6.45) is 0. The second-order valence-electron chi connectivity index (χ2n) is 23.9. The third-order valence-corrected chi connectivity index (χ3v) is 19.2. The minimum atomic E-state index is -1.52. The largest absolute Gasteiger partial charge is 0.488 e. The topological polar surface area (TPSA) is 119 Å². The van der Waals surface area contributed by atoms with Crippen LogP contribution in [0.25, 0.3) is 187 Å². The number of rotatable bonds is 6. The molecular formula is C85H53BBr2O8. The summed E-state index contributed by atoms with van der Waals surface area (Å²) in [4.78, 5) is 0. The predicted molar refractivity (Wildman–Crippen MR) is 402 cm³/mol. The Labute approximate surface area is 565 Å². The molecule has 14 aromatic carbocycles. The molecule has 0 fully saturated rings. The van der Waals surface area contributed by atoms with Gasteiger partial charge in [-0.25, -0.2) is 0 Å². The summed E-state index contributed by atoms with van der Waals surface area (Å²) in [6.45, 7) is 0. The van der Waals surface area contributed by atoms with Crippen LogP contribution in [0.1, 0.15) is 7.43 Å². The molecule has 0 aliphatic heterocycles. The summed E-state index contributed by atoms with van der Waals surface area (Å²) in [6, 6.07) is 97.5. The van der Waals surface area contributed by atoms with E-state index in [1.165, 1.54) is 11.1 Å². The van der Waals surface area contributed by atoms with Crippen LogP contribution in [-0.4, -0.2) is 17.2 Å². The minimum Gasteiger partial charge on any atom is -0.452 e. The van der Waals surface area contributed by atoms with E-state index in [2.05, 4.69) is 226 Å². The molecule has 0 radical (unpaired) electrons. The van der Waals surface area contributed by atoms with E-state index in [9.17, 15) is 10.0 Å². The van der Waals surface area contributed by atoms with Gasteiger partial charge in [0, 0.05) is 73.6 Å². The Hall–Kier alpha value is -11.2. The lowest BCUT2D eigenvalue weighted by atomic mass is 9.80. The van der Waals surface area contributed by atoms with E-state index in [4.69, 9.17) is 26.5 Å². The molecule has 20 aromatic rings. The molecule has 0 aliphatic rings. The normalized spacial score (nSPS) is 11.7. The molecule has 0 saturated carbocycles. The van der Waals surface area contributed by atoms with Crippen LogP contribution in [0.4, 0.5) is 0 Å². The second kappa shape index (κ2) is 23.7. The quantitative estimate of drug-likeness (QED) is 0.158. The van der Waals surface area contributed by atoms with Crippen LogP contribution in [0.5, 0.6) is 0 Å². The number of furan rings is 6. The molecular weight excluding hydrogens is 1320 g/mol. The standard InChI is InChI=1S/C54H30O4.C24H15BO4.C6H4Br2.CH4/c1-3-8-31(9-4-1)35-14-22-47-43(27-35)39-18-20-41-45-29-37(16-24-49(45)57-53(41)51(39)55-47)33-12-7-13-34(26-33)38-17-25-50-46(30-38)42-21-19-40-44-28-36(32-10-5-2-6-11-32)15-23-48(44)56-52(40)54(42)58-50;26-25(27)16-7-11-22-20(13-16)18-9-8-17-19-12-15(14-4-2-1-3-5-14)6-10-21(19)28-23(17)24(18)29-22;7-5-2-1-3-6(8)4-5;/h1-30H;1-13,26-27H;1-4H;1H4. The molecule has 6 heterocycles. The van der Waals surface area contributed by atoms with Gasteiger partial charge in [0.15, 0.2) is 33.5 Å². The second-order valence-corrected chi connectivity index (χ2v) is 25.7. The first-order valence-electron chi connectivity index (χ1n) is 31.2. The smallest absolute Gasteiger partial charge is 0.452 e. The van der Waals surface area contributed by atoms with Gasteiger partial charge in [0.2, 0.25) is 0 Å². The molecule has 458 valence electrons. The molecule has 11 heteroatoms. The van der Waals surface area contributed by atoms with E-state index >= 15 is 0 Å². The molecule has 0 aliphatic carbocycles. The van der Waals surface area contributed by atoms with Crippen LogP contribution >= 0.6 is 31.9 Å². The van der Waals surface area contributed by atoms with Gasteiger partial charge in [0.1, 0.15) is 33.5 Å². The first kappa shape index (κ1) is 58.6. The van der Waals surface area contributed by atoms with E-state index in [1.807, 2.05) is 72.8 Å². The lowest BCUT2D eigenvalue weighted by Crippen LogP contribution is -2.29. The van der Waals surface area contributed by atoms with E-state index in [0.29, 0.717) is 22.2 Å². The Morgan fingerprint density at radius 3 is 0.719 bits per heavy atom. The van der Waals surface area contributed by atoms with Gasteiger partial charge in [0.05, 0.1) is 0 Å². The maximum Gasteiger partial charge on any atom is 0.488 e. The van der Waals surface area contributed by atoms with Crippen molar-refractivity contribution >= 4 is 176 Å². The highest BCUT2D eigenvalue weighted by atomic mass is 79.9. The van der Waals surface area contributed by atoms with Gasteiger partial charge in [-0.1, -0.05) is 197 Å². The van der Waals surface area contributed by atoms with Gasteiger partial charge < -0.3 is 36.6 Å². The van der Waals surface area contributed by atoms with Crippen molar-refractivity contribution < 1.29 is 36.6 Å². The zero-order valence-corrected chi connectivity index (χ0v) is 53.5. The average Bonchev–Trinajstić information content (AvgIpc) is 1.57.